The van der Waals surface area contributed by atoms with Crippen LogP contribution in [0, 0.1) is 0 Å². The number of ether oxygens (including phenoxy) is 2. The van der Waals surface area contributed by atoms with E-state index < -0.39 is 0 Å². The van der Waals surface area contributed by atoms with E-state index in [4.69, 9.17) is 21.1 Å². The highest BCUT2D eigenvalue weighted by atomic mass is 35.5. The number of methoxy groups -OCH3 is 1. The molecule has 0 fully saturated rings. The third kappa shape index (κ3) is 7.22. The van der Waals surface area contributed by atoms with E-state index in [0.29, 0.717) is 29.7 Å². The maximum absolute atomic E-state index is 9.18. The fraction of sp³-hybridized carbons (Fsp3) is 0.400. The van der Waals surface area contributed by atoms with Gasteiger partial charge >= 0.3 is 0 Å². The molecular weight excluding hydrogens is 352 g/mol. The Labute approximate surface area is 160 Å². The van der Waals surface area contributed by atoms with Gasteiger partial charge in [-0.3, -0.25) is 0 Å². The van der Waals surface area contributed by atoms with Crippen LogP contribution in [-0.4, -0.2) is 38.0 Å². The third-order valence-electron chi connectivity index (χ3n) is 3.78. The first-order valence-corrected chi connectivity index (χ1v) is 9.10. The Bertz CT molecular complexity index is 663. The van der Waals surface area contributed by atoms with E-state index in [0.717, 1.165) is 30.8 Å². The summed E-state index contributed by atoms with van der Waals surface area (Å²) in [5.41, 5.74) is 2.17. The summed E-state index contributed by atoms with van der Waals surface area (Å²) >= 11 is 5.90. The van der Waals surface area contributed by atoms with E-state index >= 15 is 0 Å². The number of rotatable bonds is 11. The Kier molecular flexibility index (Phi) is 8.71. The average Bonchev–Trinajstić information content (AvgIpc) is 2.64. The van der Waals surface area contributed by atoms with Crippen molar-refractivity contribution in [2.75, 3.05) is 26.7 Å². The summed E-state index contributed by atoms with van der Waals surface area (Å²) in [6, 6.07) is 13.5. The fourth-order valence-corrected chi connectivity index (χ4v) is 2.53. The lowest BCUT2D eigenvalue weighted by Gasteiger charge is -2.13. The minimum atomic E-state index is -0.320. The van der Waals surface area contributed by atoms with E-state index in [1.165, 1.54) is 0 Å². The van der Waals surface area contributed by atoms with Crippen LogP contribution in [0.4, 0.5) is 0 Å². The molecule has 6 heteroatoms. The molecule has 1 unspecified atom stereocenters. The van der Waals surface area contributed by atoms with Crippen LogP contribution in [0.15, 0.2) is 42.5 Å². The van der Waals surface area contributed by atoms with Crippen LogP contribution >= 0.6 is 11.6 Å². The Morgan fingerprint density at radius 2 is 1.69 bits per heavy atom. The number of halogens is 1. The van der Waals surface area contributed by atoms with Crippen LogP contribution in [0.2, 0.25) is 5.02 Å². The summed E-state index contributed by atoms with van der Waals surface area (Å²) in [6.45, 7) is 5.21. The number of hydrogen-bond donors (Lipinski definition) is 3. The summed E-state index contributed by atoms with van der Waals surface area (Å²) < 4.78 is 11.3. The quantitative estimate of drug-likeness (QED) is 0.525. The predicted octanol–water partition coefficient (Wildman–Crippen LogP) is 2.99. The first kappa shape index (κ1) is 20.5. The summed E-state index contributed by atoms with van der Waals surface area (Å²) in [5, 5.41) is 16.4. The number of aliphatic hydroxyl groups excluding tert-OH is 1. The molecule has 2 aromatic rings. The van der Waals surface area contributed by atoms with Gasteiger partial charge in [-0.1, -0.05) is 29.8 Å². The van der Waals surface area contributed by atoms with Crippen LogP contribution in [0.3, 0.4) is 0 Å². The fourth-order valence-electron chi connectivity index (χ4n) is 2.40. The average molecular weight is 379 g/mol. The minimum absolute atomic E-state index is 0.320. The molecule has 5 nitrogen and oxygen atoms in total. The molecule has 0 saturated carbocycles. The van der Waals surface area contributed by atoms with Crippen LogP contribution in [0.25, 0.3) is 0 Å². The second-order valence-corrected chi connectivity index (χ2v) is 6.57. The SMILES string of the molecule is COc1cc(CNCCNCC(C)O)ccc1OCc1ccc(Cl)cc1. The minimum Gasteiger partial charge on any atom is -0.493 e. The van der Waals surface area contributed by atoms with Gasteiger partial charge in [0.25, 0.3) is 0 Å². The van der Waals surface area contributed by atoms with Crippen molar-refractivity contribution in [3.63, 3.8) is 0 Å². The van der Waals surface area contributed by atoms with Crippen LogP contribution in [-0.2, 0) is 13.2 Å². The van der Waals surface area contributed by atoms with Gasteiger partial charge in [-0.2, -0.15) is 0 Å². The molecule has 0 radical (unpaired) electrons. The molecule has 26 heavy (non-hydrogen) atoms. The molecule has 0 aromatic heterocycles. The number of nitrogens with one attached hydrogen (secondary N) is 2. The molecule has 0 amide bonds. The summed E-state index contributed by atoms with van der Waals surface area (Å²) in [6.07, 6.45) is -0.320. The topological polar surface area (TPSA) is 62.8 Å². The highest BCUT2D eigenvalue weighted by Gasteiger charge is 2.06. The first-order chi connectivity index (χ1) is 12.6. The van der Waals surface area contributed by atoms with Crippen molar-refractivity contribution in [3.8, 4) is 11.5 Å². The van der Waals surface area contributed by atoms with Crippen molar-refractivity contribution in [2.24, 2.45) is 0 Å². The second kappa shape index (κ2) is 11.0. The van der Waals surface area contributed by atoms with E-state index in [9.17, 15) is 5.11 Å². The van der Waals surface area contributed by atoms with Crippen molar-refractivity contribution < 1.29 is 14.6 Å². The predicted molar refractivity (Wildman–Crippen MR) is 105 cm³/mol. The Morgan fingerprint density at radius 3 is 2.38 bits per heavy atom. The van der Waals surface area contributed by atoms with Crippen LogP contribution in [0.1, 0.15) is 18.1 Å². The third-order valence-corrected chi connectivity index (χ3v) is 4.04. The monoisotopic (exact) mass is 378 g/mol. The summed E-state index contributed by atoms with van der Waals surface area (Å²) in [7, 11) is 1.64. The van der Waals surface area contributed by atoms with E-state index in [2.05, 4.69) is 10.6 Å². The van der Waals surface area contributed by atoms with Crippen molar-refractivity contribution >= 4 is 11.6 Å². The van der Waals surface area contributed by atoms with Crippen molar-refractivity contribution in [3.05, 3.63) is 58.6 Å². The van der Waals surface area contributed by atoms with E-state index in [1.54, 1.807) is 14.0 Å². The lowest BCUT2D eigenvalue weighted by atomic mass is 10.2. The van der Waals surface area contributed by atoms with Gasteiger partial charge in [-0.05, 0) is 42.3 Å². The Hall–Kier alpha value is -1.79. The normalized spacial score (nSPS) is 12.0. The van der Waals surface area contributed by atoms with Gasteiger partial charge in [0.2, 0.25) is 0 Å². The maximum Gasteiger partial charge on any atom is 0.161 e. The van der Waals surface area contributed by atoms with Crippen molar-refractivity contribution in [1.29, 1.82) is 0 Å². The number of benzene rings is 2. The maximum atomic E-state index is 9.18. The smallest absolute Gasteiger partial charge is 0.161 e. The van der Waals surface area contributed by atoms with Gasteiger partial charge in [0.1, 0.15) is 6.61 Å². The van der Waals surface area contributed by atoms with Crippen molar-refractivity contribution in [1.82, 2.24) is 10.6 Å². The van der Waals surface area contributed by atoms with Gasteiger partial charge in [-0.15, -0.1) is 0 Å². The summed E-state index contributed by atoms with van der Waals surface area (Å²) in [5.74, 6) is 1.43. The lowest BCUT2D eigenvalue weighted by Crippen LogP contribution is -2.31. The molecule has 0 spiro atoms. The molecule has 0 saturated heterocycles. The zero-order valence-corrected chi connectivity index (χ0v) is 16.1. The van der Waals surface area contributed by atoms with Crippen LogP contribution < -0.4 is 20.1 Å². The van der Waals surface area contributed by atoms with Gasteiger partial charge in [0, 0.05) is 31.2 Å². The summed E-state index contributed by atoms with van der Waals surface area (Å²) in [4.78, 5) is 0. The van der Waals surface area contributed by atoms with E-state index in [1.807, 2.05) is 42.5 Å². The van der Waals surface area contributed by atoms with Gasteiger partial charge in [0.05, 0.1) is 13.2 Å². The van der Waals surface area contributed by atoms with Crippen molar-refractivity contribution in [2.45, 2.75) is 26.2 Å². The molecule has 0 heterocycles. The van der Waals surface area contributed by atoms with Crippen LogP contribution in [0.5, 0.6) is 11.5 Å². The highest BCUT2D eigenvalue weighted by Crippen LogP contribution is 2.29. The number of hydrogen-bond acceptors (Lipinski definition) is 5. The number of aliphatic hydroxyl groups is 1. The molecule has 142 valence electrons. The highest BCUT2D eigenvalue weighted by molar-refractivity contribution is 6.30. The zero-order valence-electron chi connectivity index (χ0n) is 15.3. The molecule has 0 aliphatic carbocycles. The second-order valence-electron chi connectivity index (χ2n) is 6.13. The molecule has 1 atom stereocenters. The Balaban J connectivity index is 1.81. The lowest BCUT2D eigenvalue weighted by molar-refractivity contribution is 0.191. The molecular formula is C20H27ClN2O3. The largest absolute Gasteiger partial charge is 0.493 e. The molecule has 2 rings (SSSR count). The molecule has 0 bridgehead atoms. The molecule has 0 aliphatic heterocycles. The van der Waals surface area contributed by atoms with Gasteiger partial charge < -0.3 is 25.2 Å². The molecule has 3 N–H and O–H groups in total. The molecule has 0 aliphatic rings. The molecule has 2 aromatic carbocycles. The zero-order chi connectivity index (χ0) is 18.8. The first-order valence-electron chi connectivity index (χ1n) is 8.72. The standard InChI is InChI=1S/C20H27ClN2O3/c1-15(24)12-22-9-10-23-13-17-5-8-19(20(11-17)25-2)26-14-16-3-6-18(21)7-4-16/h3-8,11,15,22-24H,9-10,12-14H2,1-2H3. The van der Waals surface area contributed by atoms with E-state index in [-0.39, 0.29) is 6.10 Å². The van der Waals surface area contributed by atoms with Gasteiger partial charge in [0.15, 0.2) is 11.5 Å². The van der Waals surface area contributed by atoms with Gasteiger partial charge in [-0.25, -0.2) is 0 Å². The Morgan fingerprint density at radius 1 is 1.00 bits per heavy atom.